The first-order chi connectivity index (χ1) is 6.60. The minimum Gasteiger partial charge on any atom is -0.311 e. The molecule has 3 heteroatoms. The Morgan fingerprint density at radius 3 is 2.50 bits per heavy atom. The quantitative estimate of drug-likeness (QED) is 0.676. The van der Waals surface area contributed by atoms with Crippen molar-refractivity contribution in [1.82, 2.24) is 0 Å². The molecule has 14 heavy (non-hydrogen) atoms. The van der Waals surface area contributed by atoms with Crippen LogP contribution in [0.25, 0.3) is 0 Å². The third-order valence-electron chi connectivity index (χ3n) is 4.21. The Kier molecular flexibility index (Phi) is 3.15. The van der Waals surface area contributed by atoms with E-state index in [0.717, 1.165) is 24.9 Å². The summed E-state index contributed by atoms with van der Waals surface area (Å²) in [6.07, 6.45) is 9.58. The van der Waals surface area contributed by atoms with Gasteiger partial charge in [0.05, 0.1) is 0 Å². The molecular formula is C11H20BrOP. The lowest BCUT2D eigenvalue weighted by Gasteiger charge is -2.32. The Balaban J connectivity index is 2.08. The van der Waals surface area contributed by atoms with Crippen molar-refractivity contribution in [3.63, 3.8) is 0 Å². The number of halogens is 1. The van der Waals surface area contributed by atoms with Crippen LogP contribution >= 0.6 is 21.3 Å². The lowest BCUT2D eigenvalue weighted by atomic mass is 10.0. The van der Waals surface area contributed by atoms with E-state index in [2.05, 4.69) is 22.4 Å². The van der Waals surface area contributed by atoms with Crippen LogP contribution in [0.2, 0.25) is 0 Å². The van der Waals surface area contributed by atoms with E-state index >= 15 is 0 Å². The summed E-state index contributed by atoms with van der Waals surface area (Å²) in [7, 11) is 0. The van der Waals surface area contributed by atoms with Crippen LogP contribution in [0.5, 0.6) is 0 Å². The second kappa shape index (κ2) is 3.94. The second-order valence-corrected chi connectivity index (χ2v) is 11.2. The normalized spacial score (nSPS) is 40.0. The van der Waals surface area contributed by atoms with Crippen molar-refractivity contribution in [3.8, 4) is 0 Å². The van der Waals surface area contributed by atoms with Crippen LogP contribution in [0.1, 0.15) is 51.9 Å². The van der Waals surface area contributed by atoms with Gasteiger partial charge in [0, 0.05) is 11.3 Å². The topological polar surface area (TPSA) is 17.1 Å². The first-order valence-corrected chi connectivity index (χ1v) is 9.79. The molecule has 2 bridgehead atoms. The van der Waals surface area contributed by atoms with E-state index in [0.29, 0.717) is 0 Å². The molecule has 82 valence electrons. The van der Waals surface area contributed by atoms with Crippen LogP contribution in [0.4, 0.5) is 0 Å². The Morgan fingerprint density at radius 1 is 1.43 bits per heavy atom. The minimum atomic E-state index is -2.03. The maximum absolute atomic E-state index is 12.7. The van der Waals surface area contributed by atoms with Crippen molar-refractivity contribution < 1.29 is 4.57 Å². The molecule has 0 aromatic heterocycles. The van der Waals surface area contributed by atoms with E-state index in [4.69, 9.17) is 0 Å². The fourth-order valence-corrected chi connectivity index (χ4v) is 8.13. The molecule has 0 aromatic rings. The van der Waals surface area contributed by atoms with Crippen LogP contribution in [0.3, 0.4) is 0 Å². The highest BCUT2D eigenvalue weighted by Crippen LogP contribution is 2.75. The molecule has 2 aliphatic rings. The van der Waals surface area contributed by atoms with Gasteiger partial charge in [-0.3, -0.25) is 0 Å². The number of hydrogen-bond donors (Lipinski definition) is 0. The molecule has 1 unspecified atom stereocenters. The summed E-state index contributed by atoms with van der Waals surface area (Å²) in [6.45, 7) is 2.18. The summed E-state index contributed by atoms with van der Waals surface area (Å²) in [5, 5.41) is 0.229. The summed E-state index contributed by atoms with van der Waals surface area (Å²) in [5.74, 6) is -1.13. The van der Waals surface area contributed by atoms with Gasteiger partial charge in [0.1, 0.15) is 0 Å². The lowest BCUT2D eigenvalue weighted by Crippen LogP contribution is -2.21. The van der Waals surface area contributed by atoms with E-state index in [1.54, 1.807) is 0 Å². The van der Waals surface area contributed by atoms with E-state index in [1.165, 1.54) is 32.1 Å². The fraction of sp³-hybridized carbons (Fsp3) is 1.00. The summed E-state index contributed by atoms with van der Waals surface area (Å²) >= 11 is 3.61. The zero-order valence-electron chi connectivity index (χ0n) is 8.97. The summed E-state index contributed by atoms with van der Waals surface area (Å²) < 4.78 is 12.7. The highest BCUT2D eigenvalue weighted by Gasteiger charge is 2.54. The predicted molar refractivity (Wildman–Crippen MR) is 65.6 cm³/mol. The van der Waals surface area contributed by atoms with Crippen LogP contribution in [0.15, 0.2) is 0 Å². The summed E-state index contributed by atoms with van der Waals surface area (Å²) in [4.78, 5) is 0. The zero-order chi connectivity index (χ0) is 10.2. The molecule has 2 rings (SSSR count). The molecule has 1 nitrogen and oxygen atoms in total. The van der Waals surface area contributed by atoms with Gasteiger partial charge in [0.15, 0.2) is 5.84 Å². The van der Waals surface area contributed by atoms with Crippen molar-refractivity contribution >= 4 is 21.3 Å². The smallest absolute Gasteiger partial charge is 0.153 e. The molecule has 2 aliphatic carbocycles. The molecule has 2 saturated carbocycles. The molecule has 0 aliphatic heterocycles. The summed E-state index contributed by atoms with van der Waals surface area (Å²) in [5.41, 5.74) is 0. The molecule has 0 saturated heterocycles. The third-order valence-corrected chi connectivity index (χ3v) is 10.5. The van der Waals surface area contributed by atoms with Gasteiger partial charge in [-0.05, 0) is 59.9 Å². The van der Waals surface area contributed by atoms with Gasteiger partial charge in [-0.2, -0.15) is 0 Å². The van der Waals surface area contributed by atoms with E-state index in [9.17, 15) is 4.57 Å². The van der Waals surface area contributed by atoms with Crippen molar-refractivity contribution in [2.24, 2.45) is 5.92 Å². The SMILES string of the molecule is CCCCP(=O)(Br)C12CCC(CC1)C2. The minimum absolute atomic E-state index is 0.229. The van der Waals surface area contributed by atoms with Gasteiger partial charge in [0.25, 0.3) is 0 Å². The van der Waals surface area contributed by atoms with Gasteiger partial charge >= 0.3 is 0 Å². The molecule has 0 heterocycles. The van der Waals surface area contributed by atoms with Crippen molar-refractivity contribution in [2.45, 2.75) is 57.0 Å². The van der Waals surface area contributed by atoms with Crippen molar-refractivity contribution in [2.75, 3.05) is 6.16 Å². The van der Waals surface area contributed by atoms with Crippen molar-refractivity contribution in [1.29, 1.82) is 0 Å². The molecule has 0 radical (unpaired) electrons. The largest absolute Gasteiger partial charge is 0.311 e. The lowest BCUT2D eigenvalue weighted by molar-refractivity contribution is 0.479. The Hall–Kier alpha value is 0.710. The molecule has 1 atom stereocenters. The second-order valence-electron chi connectivity index (χ2n) is 5.10. The Morgan fingerprint density at radius 2 is 2.07 bits per heavy atom. The maximum atomic E-state index is 12.7. The van der Waals surface area contributed by atoms with Gasteiger partial charge in [-0.15, -0.1) is 0 Å². The standard InChI is InChI=1S/C11H20BrOP/c1-2-3-8-14(12,13)11-6-4-10(9-11)5-7-11/h10H,2-9H2,1H3. The first-order valence-electron chi connectivity index (χ1n) is 5.88. The average molecular weight is 279 g/mol. The molecule has 0 N–H and O–H groups in total. The third kappa shape index (κ3) is 1.73. The molecule has 2 fully saturated rings. The van der Waals surface area contributed by atoms with Crippen LogP contribution < -0.4 is 0 Å². The first kappa shape index (κ1) is 11.2. The highest BCUT2D eigenvalue weighted by molar-refractivity contribution is 9.40. The maximum Gasteiger partial charge on any atom is 0.153 e. The number of unbranched alkanes of at least 4 members (excludes halogenated alkanes) is 1. The molecule has 0 aromatic carbocycles. The van der Waals surface area contributed by atoms with E-state index < -0.39 is 5.84 Å². The molecule has 0 spiro atoms. The Labute approximate surface area is 95.1 Å². The van der Waals surface area contributed by atoms with Gasteiger partial charge in [-0.25, -0.2) is 0 Å². The van der Waals surface area contributed by atoms with Gasteiger partial charge in [-0.1, -0.05) is 13.3 Å². The highest BCUT2D eigenvalue weighted by atomic mass is 79.9. The summed E-state index contributed by atoms with van der Waals surface area (Å²) in [6, 6.07) is 0. The van der Waals surface area contributed by atoms with Gasteiger partial charge < -0.3 is 4.57 Å². The van der Waals surface area contributed by atoms with E-state index in [-0.39, 0.29) is 5.16 Å². The van der Waals surface area contributed by atoms with Crippen LogP contribution in [0, 0.1) is 5.92 Å². The average Bonchev–Trinajstić information content (AvgIpc) is 2.75. The van der Waals surface area contributed by atoms with E-state index in [1.807, 2.05) is 0 Å². The monoisotopic (exact) mass is 278 g/mol. The Bertz CT molecular complexity index is 256. The molecule has 0 amide bonds. The molecular weight excluding hydrogens is 259 g/mol. The zero-order valence-corrected chi connectivity index (χ0v) is 11.4. The van der Waals surface area contributed by atoms with Crippen molar-refractivity contribution in [3.05, 3.63) is 0 Å². The van der Waals surface area contributed by atoms with Crippen LogP contribution in [-0.4, -0.2) is 11.3 Å². The predicted octanol–water partition coefficient (Wildman–Crippen LogP) is 4.79. The van der Waals surface area contributed by atoms with Crippen LogP contribution in [-0.2, 0) is 4.57 Å². The number of rotatable bonds is 4. The fourth-order valence-electron chi connectivity index (χ4n) is 3.23. The number of hydrogen-bond acceptors (Lipinski definition) is 1. The number of fused-ring (bicyclic) bond motifs is 2. The van der Waals surface area contributed by atoms with Gasteiger partial charge in [0.2, 0.25) is 0 Å².